The van der Waals surface area contributed by atoms with Crippen molar-refractivity contribution < 1.29 is 22.7 Å². The molecule has 0 unspecified atom stereocenters. The molecule has 2 atom stereocenters. The van der Waals surface area contributed by atoms with Gasteiger partial charge in [0.2, 0.25) is 0 Å². The molecule has 1 amide bonds. The number of amides is 1. The predicted molar refractivity (Wildman–Crippen MR) is 106 cm³/mol. The molecule has 8 nitrogen and oxygen atoms in total. The van der Waals surface area contributed by atoms with Crippen molar-refractivity contribution in [2.24, 2.45) is 0 Å². The number of benzene rings is 1. The highest BCUT2D eigenvalue weighted by molar-refractivity contribution is 7.91. The Morgan fingerprint density at radius 2 is 1.93 bits per heavy atom. The van der Waals surface area contributed by atoms with Gasteiger partial charge in [-0.1, -0.05) is 18.2 Å². The van der Waals surface area contributed by atoms with Gasteiger partial charge in [-0.3, -0.25) is 4.79 Å². The Morgan fingerprint density at radius 3 is 2.55 bits per heavy atom. The molecular formula is C20H23N3O5S. The Hall–Kier alpha value is -2.68. The zero-order valence-electron chi connectivity index (χ0n) is 16.1. The van der Waals surface area contributed by atoms with Gasteiger partial charge >= 0.3 is 5.97 Å². The molecule has 29 heavy (non-hydrogen) atoms. The summed E-state index contributed by atoms with van der Waals surface area (Å²) in [6.45, 7) is 1.47. The van der Waals surface area contributed by atoms with Gasteiger partial charge in [-0.15, -0.1) is 0 Å². The molecule has 2 aromatic rings. The summed E-state index contributed by atoms with van der Waals surface area (Å²) in [6.07, 6.45) is 1.42. The van der Waals surface area contributed by atoms with Gasteiger partial charge in [0.05, 0.1) is 22.9 Å². The summed E-state index contributed by atoms with van der Waals surface area (Å²) >= 11 is 0. The molecule has 154 valence electrons. The average molecular weight is 417 g/mol. The summed E-state index contributed by atoms with van der Waals surface area (Å²) in [7, 11) is -3.10. The number of carbonyl (C=O) groups is 2. The molecule has 1 aromatic carbocycles. The third-order valence-corrected chi connectivity index (χ3v) is 6.93. The lowest BCUT2D eigenvalue weighted by atomic mass is 10.2. The first-order chi connectivity index (χ1) is 13.8. The van der Waals surface area contributed by atoms with Gasteiger partial charge in [0, 0.05) is 12.0 Å². The number of rotatable bonds is 6. The normalized spacial score (nSPS) is 21.5. The van der Waals surface area contributed by atoms with Crippen LogP contribution in [0, 0.1) is 0 Å². The molecule has 1 saturated heterocycles. The van der Waals surface area contributed by atoms with E-state index in [4.69, 9.17) is 4.74 Å². The number of esters is 1. The maximum absolute atomic E-state index is 12.8. The number of hydrogen-bond acceptors (Lipinski definition) is 6. The summed E-state index contributed by atoms with van der Waals surface area (Å²) in [5, 5.41) is 7.22. The minimum atomic E-state index is -3.10. The zero-order valence-corrected chi connectivity index (χ0v) is 16.9. The summed E-state index contributed by atoms with van der Waals surface area (Å²) in [4.78, 5) is 25.1. The number of nitrogens with zero attached hydrogens (tertiary/aromatic N) is 2. The maximum atomic E-state index is 12.8. The van der Waals surface area contributed by atoms with Crippen molar-refractivity contribution in [3.05, 3.63) is 47.8 Å². The van der Waals surface area contributed by atoms with Gasteiger partial charge < -0.3 is 10.1 Å². The van der Waals surface area contributed by atoms with E-state index in [9.17, 15) is 18.0 Å². The Bertz CT molecular complexity index is 1030. The van der Waals surface area contributed by atoms with Crippen LogP contribution in [0.2, 0.25) is 0 Å². The summed E-state index contributed by atoms with van der Waals surface area (Å²) in [5.74, 6) is -0.808. The zero-order chi connectivity index (χ0) is 20.6. The monoisotopic (exact) mass is 417 g/mol. The van der Waals surface area contributed by atoms with Crippen LogP contribution in [0.1, 0.15) is 48.3 Å². The molecule has 9 heteroatoms. The van der Waals surface area contributed by atoms with E-state index in [-0.39, 0.29) is 17.2 Å². The van der Waals surface area contributed by atoms with Crippen molar-refractivity contribution in [2.75, 3.05) is 11.5 Å². The Balaban J connectivity index is 1.47. The smallest absolute Gasteiger partial charge is 0.357 e. The second-order valence-electron chi connectivity index (χ2n) is 7.63. The van der Waals surface area contributed by atoms with Crippen LogP contribution in [0.15, 0.2) is 36.4 Å². The van der Waals surface area contributed by atoms with Crippen LogP contribution in [0.5, 0.6) is 0 Å². The van der Waals surface area contributed by atoms with Crippen LogP contribution in [0.4, 0.5) is 0 Å². The fraction of sp³-hybridized carbons (Fsp3) is 0.450. The first kappa shape index (κ1) is 19.6. The number of para-hydroxylation sites is 1. The maximum Gasteiger partial charge on any atom is 0.357 e. The summed E-state index contributed by atoms with van der Waals surface area (Å²) in [5.41, 5.74) is 1.84. The SMILES string of the molecule is C[C@@H](OC(=O)c1cc(C2CC2)nn1-c1ccccc1)C(=O)N[C@@H]1CCS(=O)(=O)C1. The third kappa shape index (κ3) is 4.50. The number of ether oxygens (including phenoxy) is 1. The average Bonchev–Trinajstić information content (AvgIpc) is 3.35. The molecule has 0 spiro atoms. The van der Waals surface area contributed by atoms with Crippen LogP contribution in [0.3, 0.4) is 0 Å². The first-order valence-electron chi connectivity index (χ1n) is 9.69. The second kappa shape index (κ2) is 7.62. The van der Waals surface area contributed by atoms with Crippen LogP contribution >= 0.6 is 0 Å². The molecule has 4 rings (SSSR count). The topological polar surface area (TPSA) is 107 Å². The van der Waals surface area contributed by atoms with E-state index >= 15 is 0 Å². The van der Waals surface area contributed by atoms with Gasteiger partial charge in [0.15, 0.2) is 21.6 Å². The number of aromatic nitrogens is 2. The lowest BCUT2D eigenvalue weighted by molar-refractivity contribution is -0.129. The fourth-order valence-corrected chi connectivity index (χ4v) is 5.06. The van der Waals surface area contributed by atoms with Crippen molar-refractivity contribution in [2.45, 2.75) is 44.2 Å². The van der Waals surface area contributed by atoms with Crippen molar-refractivity contribution in [1.29, 1.82) is 0 Å². The number of hydrogen-bond donors (Lipinski definition) is 1. The van der Waals surface area contributed by atoms with E-state index in [2.05, 4.69) is 10.4 Å². The largest absolute Gasteiger partial charge is 0.448 e. The van der Waals surface area contributed by atoms with E-state index in [0.29, 0.717) is 12.3 Å². The highest BCUT2D eigenvalue weighted by Gasteiger charge is 2.32. The van der Waals surface area contributed by atoms with Crippen molar-refractivity contribution in [3.63, 3.8) is 0 Å². The van der Waals surface area contributed by atoms with Gasteiger partial charge in [-0.25, -0.2) is 17.9 Å². The molecule has 1 aliphatic heterocycles. The van der Waals surface area contributed by atoms with Gasteiger partial charge in [0.25, 0.3) is 5.91 Å². The molecule has 1 saturated carbocycles. The Kier molecular flexibility index (Phi) is 5.16. The van der Waals surface area contributed by atoms with Gasteiger partial charge in [-0.2, -0.15) is 5.10 Å². The minimum Gasteiger partial charge on any atom is -0.448 e. The second-order valence-corrected chi connectivity index (χ2v) is 9.86. The molecule has 1 N–H and O–H groups in total. The number of nitrogens with one attached hydrogen (secondary N) is 1. The van der Waals surface area contributed by atoms with Crippen molar-refractivity contribution in [3.8, 4) is 5.69 Å². The van der Waals surface area contributed by atoms with Gasteiger partial charge in [0.1, 0.15) is 0 Å². The molecule has 2 fully saturated rings. The Labute approximate surface area is 169 Å². The van der Waals surface area contributed by atoms with E-state index in [1.165, 1.54) is 6.92 Å². The first-order valence-corrected chi connectivity index (χ1v) is 11.5. The minimum absolute atomic E-state index is 0.0618. The molecule has 2 aliphatic rings. The quantitative estimate of drug-likeness (QED) is 0.716. The lowest BCUT2D eigenvalue weighted by Crippen LogP contribution is -2.42. The van der Waals surface area contributed by atoms with E-state index in [0.717, 1.165) is 24.2 Å². The molecular weight excluding hydrogens is 394 g/mol. The lowest BCUT2D eigenvalue weighted by Gasteiger charge is -2.16. The van der Waals surface area contributed by atoms with Crippen LogP contribution in [-0.4, -0.2) is 53.7 Å². The molecule has 1 aliphatic carbocycles. The van der Waals surface area contributed by atoms with Crippen molar-refractivity contribution in [1.82, 2.24) is 15.1 Å². The third-order valence-electron chi connectivity index (χ3n) is 5.17. The van der Waals surface area contributed by atoms with E-state index in [1.54, 1.807) is 10.7 Å². The highest BCUT2D eigenvalue weighted by Crippen LogP contribution is 2.39. The highest BCUT2D eigenvalue weighted by atomic mass is 32.2. The number of sulfone groups is 1. The Morgan fingerprint density at radius 1 is 1.21 bits per heavy atom. The predicted octanol–water partition coefficient (Wildman–Crippen LogP) is 1.60. The van der Waals surface area contributed by atoms with E-state index < -0.39 is 33.9 Å². The fourth-order valence-electron chi connectivity index (χ4n) is 3.39. The van der Waals surface area contributed by atoms with E-state index in [1.807, 2.05) is 30.3 Å². The number of carbonyl (C=O) groups excluding carboxylic acids is 2. The molecule has 2 heterocycles. The standard InChI is InChI=1S/C20H23N3O5S/c1-13(19(24)21-15-9-10-29(26,27)12-15)28-20(25)18-11-17(14-7-8-14)22-23(18)16-5-3-2-4-6-16/h2-6,11,13-15H,7-10,12H2,1H3,(H,21,24)/t13-,15-/m1/s1. The van der Waals surface area contributed by atoms with Crippen LogP contribution in [0.25, 0.3) is 5.69 Å². The molecule has 1 aromatic heterocycles. The molecule has 0 radical (unpaired) electrons. The van der Waals surface area contributed by atoms with Crippen LogP contribution < -0.4 is 5.32 Å². The van der Waals surface area contributed by atoms with Crippen molar-refractivity contribution >= 4 is 21.7 Å². The van der Waals surface area contributed by atoms with Crippen LogP contribution in [-0.2, 0) is 19.4 Å². The summed E-state index contributed by atoms with van der Waals surface area (Å²) in [6, 6.07) is 10.6. The molecule has 0 bridgehead atoms. The van der Waals surface area contributed by atoms with Gasteiger partial charge in [-0.05, 0) is 44.4 Å². The summed E-state index contributed by atoms with van der Waals surface area (Å²) < 4.78 is 30.0.